The van der Waals surface area contributed by atoms with Crippen LogP contribution in [0.5, 0.6) is 23.5 Å². The minimum atomic E-state index is -0.315. The van der Waals surface area contributed by atoms with Crippen LogP contribution in [0, 0.1) is 10.5 Å². The molecule has 0 atom stereocenters. The molecule has 1 aliphatic carbocycles. The lowest BCUT2D eigenvalue weighted by atomic mass is 10.1. The summed E-state index contributed by atoms with van der Waals surface area (Å²) in [6.07, 6.45) is 9.05. The molecule has 13 rings (SSSR count). The fourth-order valence-corrected chi connectivity index (χ4v) is 12.6. The summed E-state index contributed by atoms with van der Waals surface area (Å²) in [5.74, 6) is 1.98. The van der Waals surface area contributed by atoms with E-state index < -0.39 is 0 Å². The molecule has 0 radical (unpaired) electrons. The molecule has 1 aliphatic rings. The number of hydrogen-bond acceptors (Lipinski definition) is 24. The van der Waals surface area contributed by atoms with Crippen LogP contribution >= 0.6 is 67.9 Å². The lowest BCUT2D eigenvalue weighted by Crippen LogP contribution is -2.22. The molecule has 0 saturated heterocycles. The van der Waals surface area contributed by atoms with Gasteiger partial charge in [0, 0.05) is 108 Å². The molecule has 12 heterocycles. The average molecular weight is 1330 g/mol. The Balaban J connectivity index is 0.000000129. The zero-order valence-electron chi connectivity index (χ0n) is 48.5. The van der Waals surface area contributed by atoms with Crippen LogP contribution in [0.2, 0.25) is 5.65 Å². The minimum Gasteiger partial charge on any atom is -0.472 e. The summed E-state index contributed by atoms with van der Waals surface area (Å²) in [6, 6.07) is 6.44. The van der Waals surface area contributed by atoms with E-state index in [1.54, 1.807) is 52.5 Å². The molecule has 32 nitrogen and oxygen atoms in total. The molecular formula is C46H49IN24O8S4. The van der Waals surface area contributed by atoms with Crippen molar-refractivity contribution in [3.63, 3.8) is 0 Å². The summed E-state index contributed by atoms with van der Waals surface area (Å²) in [5, 5.41) is 60.2. The molecular weight excluding hydrogens is 1270 g/mol. The van der Waals surface area contributed by atoms with Crippen molar-refractivity contribution in [1.29, 1.82) is 0 Å². The number of nitrogens with one attached hydrogen (secondary N) is 4. The van der Waals surface area contributed by atoms with Gasteiger partial charge in [0.15, 0.2) is 5.65 Å². The van der Waals surface area contributed by atoms with Gasteiger partial charge in [-0.1, -0.05) is 6.92 Å². The zero-order chi connectivity index (χ0) is 61.6. The average Bonchev–Trinajstić information content (AvgIpc) is 1.84. The normalized spacial score (nSPS) is 12.5. The first kappa shape index (κ1) is 52.1. The van der Waals surface area contributed by atoms with Crippen LogP contribution in [0.15, 0.2) is 89.8 Å². The molecule has 0 unspecified atom stereocenters. The van der Waals surface area contributed by atoms with Crippen molar-refractivity contribution in [3.8, 4) is 43.5 Å². The lowest BCUT2D eigenvalue weighted by molar-refractivity contribution is 0.292. The molecule has 12 aromatic heterocycles. The van der Waals surface area contributed by atoms with Crippen molar-refractivity contribution in [2.24, 2.45) is 28.2 Å². The van der Waals surface area contributed by atoms with Crippen molar-refractivity contribution < 1.29 is 24.6 Å². The maximum absolute atomic E-state index is 12.1. The Kier molecular flexibility index (Phi) is 16.3. The number of aromatic nitrogens is 24. The van der Waals surface area contributed by atoms with Crippen LogP contribution < -0.4 is 41.7 Å². The van der Waals surface area contributed by atoms with E-state index in [0.717, 1.165) is 81.6 Å². The molecule has 4 N–H and O–H groups in total. The second-order valence-corrected chi connectivity index (χ2v) is 22.1. The van der Waals surface area contributed by atoms with Crippen molar-refractivity contribution in [1.82, 2.24) is 120 Å². The number of hydrogen-bond donors (Lipinski definition) is 4. The van der Waals surface area contributed by atoms with Crippen LogP contribution in [0.4, 0.5) is 0 Å². The number of H-pyrrole nitrogens is 4. The summed E-state index contributed by atoms with van der Waals surface area (Å²) in [5.41, 5.74) is 5.58. The minimum absolute atomic E-state index is 0.233. The summed E-state index contributed by atoms with van der Waals surface area (Å²) in [6.45, 7) is 4.98. The van der Waals surface area contributed by atoms with Crippen molar-refractivity contribution in [3.05, 3.63) is 155 Å². The molecule has 37 heteroatoms. The number of halogens is 1. The van der Waals surface area contributed by atoms with Crippen LogP contribution in [-0.4, -0.2) is 120 Å². The van der Waals surface area contributed by atoms with E-state index in [4.69, 9.17) is 24.6 Å². The largest absolute Gasteiger partial charge is 0.472 e. The second-order valence-electron chi connectivity index (χ2n) is 17.5. The van der Waals surface area contributed by atoms with Crippen LogP contribution in [0.25, 0.3) is 20.0 Å². The van der Waals surface area contributed by atoms with Crippen molar-refractivity contribution in [2.45, 2.75) is 65.5 Å². The highest BCUT2D eigenvalue weighted by Gasteiger charge is 2.30. The highest BCUT2D eigenvalue weighted by molar-refractivity contribution is 14.1. The first-order chi connectivity index (χ1) is 41.8. The molecule has 1 saturated carbocycles. The van der Waals surface area contributed by atoms with Crippen LogP contribution in [0.1, 0.15) is 64.6 Å². The maximum Gasteiger partial charge on any atom is 0.368 e. The standard InChI is InChI=1S/C13H14N6O2S.C12H14N6O2S.C11H12N6O2S.C10H9IN6O2S/c1-18-13(20)19(17-16-18)12-9(6-21-11-4-5-14-15-11)10(7-22-12)8-2-3-8;1-3-8-7-21-11(18-12(19)17(2)15-16-18)9(8)6-20-10-4-5-13-14-10;1-7-6-20-10(17-11(18)16(2)14-15-17)8(7)5-19-9-3-4-12-13-9;1-16-10(18)17(15-14-16)9-6(7(11)5-20-9)4-19-8-2-3-12-13-8/h4-5,7-8H,2-3,6H2,1H3,(H,14,15);4-5,7H,3,6H2,1-2H3,(H,13,14);3-4,6H,5H2,1-2H3,(H,12,13);2-3,5H,4H2,1H3,(H,12,13)/i/hT4. The molecule has 0 spiro atoms. The summed E-state index contributed by atoms with van der Waals surface area (Å²) in [4.78, 5) is 48.0. The van der Waals surface area contributed by atoms with Crippen LogP contribution in [-0.2, 0) is 61.0 Å². The Morgan fingerprint density at radius 1 is 0.506 bits per heavy atom. The summed E-state index contributed by atoms with van der Waals surface area (Å²) < 4.78 is 62.4. The molecule has 83 heavy (non-hydrogen) atoms. The number of aromatic amines is 4. The van der Waals surface area contributed by atoms with E-state index in [0.29, 0.717) is 44.4 Å². The summed E-state index contributed by atoms with van der Waals surface area (Å²) >= 11 is 7.86. The van der Waals surface area contributed by atoms with Crippen molar-refractivity contribution >= 4 is 67.9 Å². The Labute approximate surface area is 501 Å². The number of rotatable bonds is 18. The van der Waals surface area contributed by atoms with Gasteiger partial charge in [0.2, 0.25) is 23.5 Å². The molecule has 12 aromatic rings. The molecule has 0 aromatic carbocycles. The number of aryl methyl sites for hydroxylation is 6. The van der Waals surface area contributed by atoms with Gasteiger partial charge in [-0.15, -0.1) is 84.5 Å². The number of ether oxygens (including phenoxy) is 4. The van der Waals surface area contributed by atoms with E-state index in [-0.39, 0.29) is 49.2 Å². The third kappa shape index (κ3) is 13.1. The van der Waals surface area contributed by atoms with E-state index in [1.807, 2.05) is 30.0 Å². The van der Waals surface area contributed by atoms with Gasteiger partial charge in [0.1, 0.15) is 46.4 Å². The Bertz CT molecular complexity index is 4420. The van der Waals surface area contributed by atoms with Crippen molar-refractivity contribution in [2.75, 3.05) is 0 Å². The predicted octanol–water partition coefficient (Wildman–Crippen LogP) is 3.67. The first-order valence-corrected chi connectivity index (χ1v) is 29.2. The van der Waals surface area contributed by atoms with Gasteiger partial charge in [-0.25, -0.2) is 19.2 Å². The fourth-order valence-electron chi connectivity index (χ4n) is 7.49. The Morgan fingerprint density at radius 3 is 1.24 bits per heavy atom. The monoisotopic (exact) mass is 1330 g/mol. The lowest BCUT2D eigenvalue weighted by Gasteiger charge is -2.07. The first-order valence-electron chi connectivity index (χ1n) is 26.3. The Hall–Kier alpha value is -8.95. The SMILES string of the molecule is [3H]n1ccc(OCc2c(C)csc2-n2nnn(C)c2=O)n1.[3H]n1ccc(OCc2c(C3CC3)csc2-n2nnn(C)c2=O)n1.[3H]n1ccc(OCc2c(CC)csc2-n2nnn(C)c2=O)n1.[3H]n1ccc(OCc2c(I)csc2-n2nnn(C)c2=O)n1. The molecule has 0 amide bonds. The van der Waals surface area contributed by atoms with E-state index >= 15 is 0 Å². The predicted molar refractivity (Wildman–Crippen MR) is 308 cm³/mol. The van der Waals surface area contributed by atoms with Gasteiger partial charge in [-0.3, -0.25) is 20.4 Å². The highest BCUT2D eigenvalue weighted by atomic mass is 127. The van der Waals surface area contributed by atoms with Gasteiger partial charge in [-0.05, 0) is 129 Å². The molecule has 432 valence electrons. The fraction of sp³-hybridized carbons (Fsp3) is 0.304. The molecule has 0 bridgehead atoms. The number of thiophene rings is 4. The summed E-state index contributed by atoms with van der Waals surface area (Å²) in [7, 11) is 6.21. The molecule has 1 fully saturated rings. The number of tetrazole rings is 4. The zero-order valence-corrected chi connectivity index (χ0v) is 49.9. The third-order valence-electron chi connectivity index (χ3n) is 12.0. The van der Waals surface area contributed by atoms with Gasteiger partial charge in [0.05, 0.1) is 0 Å². The highest BCUT2D eigenvalue weighted by Crippen LogP contribution is 2.45. The van der Waals surface area contributed by atoms with E-state index in [9.17, 15) is 19.2 Å². The third-order valence-corrected chi connectivity index (χ3v) is 17.6. The topological polar surface area (TPSA) is 362 Å². The maximum atomic E-state index is 12.1. The van der Waals surface area contributed by atoms with Gasteiger partial charge in [-0.2, -0.15) is 18.7 Å². The smallest absolute Gasteiger partial charge is 0.368 e. The van der Waals surface area contributed by atoms with Gasteiger partial charge < -0.3 is 18.9 Å². The van der Waals surface area contributed by atoms with Gasteiger partial charge >= 0.3 is 22.8 Å². The molecule has 0 aliphatic heterocycles. The quantitative estimate of drug-likeness (QED) is 0.0890. The second kappa shape index (κ2) is 25.9. The van der Waals surface area contributed by atoms with E-state index in [1.165, 1.54) is 113 Å². The van der Waals surface area contributed by atoms with E-state index in [2.05, 4.69) is 90.1 Å². The van der Waals surface area contributed by atoms with Gasteiger partial charge in [0.25, 0.3) is 0 Å². The van der Waals surface area contributed by atoms with Crippen LogP contribution in [0.3, 0.4) is 0 Å². The Morgan fingerprint density at radius 2 is 0.855 bits per heavy atom. The number of nitrogens with zero attached hydrogens (tertiary/aromatic N) is 20.